The summed E-state index contributed by atoms with van der Waals surface area (Å²) in [6.45, 7) is -3.02. The second-order valence-electron chi connectivity index (χ2n) is 6.18. The molecule has 30 heavy (non-hydrogen) atoms. The fourth-order valence-electron chi connectivity index (χ4n) is 2.78. The quantitative estimate of drug-likeness (QED) is 0.472. The average Bonchev–Trinajstić information content (AvgIpc) is 3.25. The van der Waals surface area contributed by atoms with E-state index in [0.29, 0.717) is 23.0 Å². The maximum absolute atomic E-state index is 12.5. The minimum absolute atomic E-state index is 0.00582. The van der Waals surface area contributed by atoms with Gasteiger partial charge >= 0.3 is 6.61 Å². The van der Waals surface area contributed by atoms with Crippen LogP contribution in [-0.4, -0.2) is 22.7 Å². The summed E-state index contributed by atoms with van der Waals surface area (Å²) in [5.41, 5.74) is 1.96. The number of nitrogens with zero attached hydrogens (tertiary/aromatic N) is 2. The van der Waals surface area contributed by atoms with Gasteiger partial charge in [0.1, 0.15) is 5.75 Å². The third-order valence-electron chi connectivity index (χ3n) is 4.18. The van der Waals surface area contributed by atoms with Crippen LogP contribution < -0.4 is 10.1 Å². The van der Waals surface area contributed by atoms with E-state index in [1.54, 1.807) is 30.3 Å². The summed E-state index contributed by atoms with van der Waals surface area (Å²) in [7, 11) is 0. The molecule has 3 aromatic carbocycles. The Labute approximate surface area is 170 Å². The van der Waals surface area contributed by atoms with E-state index >= 15 is 0 Å². The molecule has 4 aromatic rings. The minimum Gasteiger partial charge on any atom is -0.434 e. The van der Waals surface area contributed by atoms with Crippen molar-refractivity contribution < 1.29 is 22.7 Å². The largest absolute Gasteiger partial charge is 0.434 e. The van der Waals surface area contributed by atoms with Crippen LogP contribution in [0.15, 0.2) is 83.3 Å². The fraction of sp³-hybridized carbons (Fsp3) is 0.0455. The molecule has 0 atom stereocenters. The number of hydrogen-bond donors (Lipinski definition) is 1. The van der Waals surface area contributed by atoms with Crippen LogP contribution in [0.2, 0.25) is 0 Å². The molecule has 0 aliphatic rings. The van der Waals surface area contributed by atoms with Crippen molar-refractivity contribution in [2.24, 2.45) is 0 Å². The van der Waals surface area contributed by atoms with Gasteiger partial charge in [-0.3, -0.25) is 4.79 Å². The van der Waals surface area contributed by atoms with Gasteiger partial charge in [-0.2, -0.15) is 8.78 Å². The van der Waals surface area contributed by atoms with Gasteiger partial charge in [-0.15, -0.1) is 10.2 Å². The standard InChI is InChI=1S/C22H15F2N3O3/c23-22(24)29-18-9-5-4-8-17(18)19(28)25-16-12-10-15(11-13-16)21-27-26-20(30-21)14-6-2-1-3-7-14/h1-13,22H,(H,25,28). The molecule has 150 valence electrons. The SMILES string of the molecule is O=C(Nc1ccc(-c2nnc(-c3ccccc3)o2)cc1)c1ccccc1OC(F)F. The topological polar surface area (TPSA) is 77.3 Å². The van der Waals surface area contributed by atoms with Crippen LogP contribution in [-0.2, 0) is 0 Å². The smallest absolute Gasteiger partial charge is 0.387 e. The lowest BCUT2D eigenvalue weighted by Gasteiger charge is -2.11. The Morgan fingerprint density at radius 1 is 0.833 bits per heavy atom. The normalized spacial score (nSPS) is 10.8. The molecule has 1 aromatic heterocycles. The molecule has 0 saturated carbocycles. The average molecular weight is 407 g/mol. The lowest BCUT2D eigenvalue weighted by Crippen LogP contribution is -2.14. The molecule has 6 nitrogen and oxygen atoms in total. The Hall–Kier alpha value is -4.07. The van der Waals surface area contributed by atoms with Crippen molar-refractivity contribution in [3.63, 3.8) is 0 Å². The number of hydrogen-bond acceptors (Lipinski definition) is 5. The number of carbonyl (C=O) groups is 1. The third kappa shape index (κ3) is 4.33. The maximum atomic E-state index is 12.5. The molecular weight excluding hydrogens is 392 g/mol. The number of rotatable bonds is 6. The molecule has 4 rings (SSSR count). The summed E-state index contributed by atoms with van der Waals surface area (Å²) >= 11 is 0. The van der Waals surface area contributed by atoms with E-state index in [-0.39, 0.29) is 11.3 Å². The Balaban J connectivity index is 1.48. The molecule has 0 radical (unpaired) electrons. The summed E-state index contributed by atoms with van der Waals surface area (Å²) in [5.74, 6) is -0.0231. The van der Waals surface area contributed by atoms with Gasteiger partial charge in [0.05, 0.1) is 5.56 Å². The first-order valence-corrected chi connectivity index (χ1v) is 8.95. The summed E-state index contributed by atoms with van der Waals surface area (Å²) in [6.07, 6.45) is 0. The number of halogens is 2. The summed E-state index contributed by atoms with van der Waals surface area (Å²) in [4.78, 5) is 12.5. The van der Waals surface area contributed by atoms with E-state index in [4.69, 9.17) is 4.42 Å². The second-order valence-corrected chi connectivity index (χ2v) is 6.18. The Kier molecular flexibility index (Phi) is 5.47. The highest BCUT2D eigenvalue weighted by atomic mass is 19.3. The van der Waals surface area contributed by atoms with Crippen molar-refractivity contribution in [1.29, 1.82) is 0 Å². The summed E-state index contributed by atoms with van der Waals surface area (Å²) in [5, 5.41) is 10.7. The van der Waals surface area contributed by atoms with Crippen molar-refractivity contribution in [1.82, 2.24) is 10.2 Å². The Morgan fingerprint density at radius 2 is 1.43 bits per heavy atom. The first-order valence-electron chi connectivity index (χ1n) is 8.95. The highest BCUT2D eigenvalue weighted by Crippen LogP contribution is 2.26. The molecule has 1 amide bonds. The van der Waals surface area contributed by atoms with E-state index < -0.39 is 12.5 Å². The second kappa shape index (κ2) is 8.52. The highest BCUT2D eigenvalue weighted by Gasteiger charge is 2.16. The Bertz CT molecular complexity index is 1150. The predicted octanol–water partition coefficient (Wildman–Crippen LogP) is 5.26. The maximum Gasteiger partial charge on any atom is 0.387 e. The number of aromatic nitrogens is 2. The van der Waals surface area contributed by atoms with E-state index in [2.05, 4.69) is 20.3 Å². The monoisotopic (exact) mass is 407 g/mol. The van der Waals surface area contributed by atoms with Gasteiger partial charge < -0.3 is 14.5 Å². The summed E-state index contributed by atoms with van der Waals surface area (Å²) in [6, 6.07) is 21.9. The summed E-state index contributed by atoms with van der Waals surface area (Å²) < 4.78 is 35.2. The van der Waals surface area contributed by atoms with Crippen molar-refractivity contribution in [2.75, 3.05) is 5.32 Å². The Morgan fingerprint density at radius 3 is 2.10 bits per heavy atom. The van der Waals surface area contributed by atoms with Gasteiger partial charge in [0, 0.05) is 16.8 Å². The van der Waals surface area contributed by atoms with Crippen LogP contribution >= 0.6 is 0 Å². The van der Waals surface area contributed by atoms with Crippen molar-refractivity contribution in [3.8, 4) is 28.7 Å². The zero-order valence-electron chi connectivity index (χ0n) is 15.5. The van der Waals surface area contributed by atoms with E-state index in [1.807, 2.05) is 30.3 Å². The molecule has 0 saturated heterocycles. The van der Waals surface area contributed by atoms with Crippen LogP contribution in [0, 0.1) is 0 Å². The fourth-order valence-corrected chi connectivity index (χ4v) is 2.78. The van der Waals surface area contributed by atoms with Gasteiger partial charge in [-0.25, -0.2) is 0 Å². The number of anilines is 1. The molecule has 0 bridgehead atoms. The zero-order valence-corrected chi connectivity index (χ0v) is 15.5. The number of para-hydroxylation sites is 1. The van der Waals surface area contributed by atoms with Gasteiger partial charge in [0.15, 0.2) is 0 Å². The first-order chi connectivity index (χ1) is 14.6. The predicted molar refractivity (Wildman–Crippen MR) is 106 cm³/mol. The molecule has 0 unspecified atom stereocenters. The lowest BCUT2D eigenvalue weighted by atomic mass is 10.1. The molecule has 0 aliphatic heterocycles. The van der Waals surface area contributed by atoms with Crippen LogP contribution in [0.25, 0.3) is 22.9 Å². The third-order valence-corrected chi connectivity index (χ3v) is 4.18. The van der Waals surface area contributed by atoms with Crippen LogP contribution in [0.1, 0.15) is 10.4 Å². The molecule has 0 spiro atoms. The number of ether oxygens (including phenoxy) is 1. The van der Waals surface area contributed by atoms with Gasteiger partial charge in [0.25, 0.3) is 5.91 Å². The van der Waals surface area contributed by atoms with Gasteiger partial charge in [-0.05, 0) is 48.5 Å². The lowest BCUT2D eigenvalue weighted by molar-refractivity contribution is -0.0501. The van der Waals surface area contributed by atoms with Crippen LogP contribution in [0.3, 0.4) is 0 Å². The molecular formula is C22H15F2N3O3. The van der Waals surface area contributed by atoms with E-state index in [1.165, 1.54) is 18.2 Å². The number of nitrogens with one attached hydrogen (secondary N) is 1. The van der Waals surface area contributed by atoms with E-state index in [0.717, 1.165) is 5.56 Å². The van der Waals surface area contributed by atoms with Crippen molar-refractivity contribution in [2.45, 2.75) is 6.61 Å². The minimum atomic E-state index is -3.02. The van der Waals surface area contributed by atoms with Gasteiger partial charge in [-0.1, -0.05) is 30.3 Å². The van der Waals surface area contributed by atoms with E-state index in [9.17, 15) is 13.6 Å². The number of alkyl halides is 2. The van der Waals surface area contributed by atoms with Crippen molar-refractivity contribution >= 4 is 11.6 Å². The number of carbonyl (C=O) groups excluding carboxylic acids is 1. The van der Waals surface area contributed by atoms with Crippen LogP contribution in [0.4, 0.5) is 14.5 Å². The van der Waals surface area contributed by atoms with Crippen molar-refractivity contribution in [3.05, 3.63) is 84.4 Å². The van der Waals surface area contributed by atoms with Crippen LogP contribution in [0.5, 0.6) is 5.75 Å². The van der Waals surface area contributed by atoms with Gasteiger partial charge in [0.2, 0.25) is 11.8 Å². The molecule has 1 heterocycles. The molecule has 0 aliphatic carbocycles. The molecule has 0 fully saturated rings. The molecule has 1 N–H and O–H groups in total. The first kappa shape index (κ1) is 19.3. The zero-order chi connectivity index (χ0) is 20.9. The number of amides is 1. The molecule has 8 heteroatoms. The number of benzene rings is 3. The highest BCUT2D eigenvalue weighted by molar-refractivity contribution is 6.06.